The van der Waals surface area contributed by atoms with E-state index in [4.69, 9.17) is 28.4 Å². The van der Waals surface area contributed by atoms with Crippen molar-refractivity contribution in [2.75, 3.05) is 48.6 Å². The molecule has 1 heterocycles. The molecule has 5 aliphatic carbocycles. The lowest BCUT2D eigenvalue weighted by molar-refractivity contribution is -0.321. The quantitative estimate of drug-likeness (QED) is 0.0646. The van der Waals surface area contributed by atoms with Crippen LogP contribution < -0.4 is 0 Å². The first kappa shape index (κ1) is 46.6. The summed E-state index contributed by atoms with van der Waals surface area (Å²) in [6.45, 7) is 2.96. The molecule has 7 rings (SSSR count). The molecule has 7 bridgehead atoms. The highest BCUT2D eigenvalue weighted by Gasteiger charge is 2.92. The van der Waals surface area contributed by atoms with E-state index in [0.29, 0.717) is 24.9 Å². The van der Waals surface area contributed by atoms with Gasteiger partial charge in [0.25, 0.3) is 0 Å². The highest BCUT2D eigenvalue weighted by molar-refractivity contribution is 5.89. The lowest BCUT2D eigenvalue weighted by Crippen LogP contribution is -2.81. The maximum absolute atomic E-state index is 14.5. The second-order valence-electron chi connectivity index (χ2n) is 19.5. The van der Waals surface area contributed by atoms with E-state index in [1.54, 1.807) is 45.6 Å². The number of rotatable bonds is 23. The molecule has 12 nitrogen and oxygen atoms in total. The van der Waals surface area contributed by atoms with E-state index in [1.165, 1.54) is 45.6 Å². The predicted octanol–water partition coefficient (Wildman–Crippen LogP) is 6.28. The Kier molecular flexibility index (Phi) is 14.8. The van der Waals surface area contributed by atoms with Gasteiger partial charge in [-0.2, -0.15) is 0 Å². The molecule has 342 valence electrons. The minimum Gasteiger partial charge on any atom is -0.455 e. The lowest BCUT2D eigenvalue weighted by Gasteiger charge is -2.70. The normalized spacial score (nSPS) is 40.7. The van der Waals surface area contributed by atoms with Crippen LogP contribution in [0.3, 0.4) is 0 Å². The van der Waals surface area contributed by atoms with Crippen molar-refractivity contribution in [2.24, 2.45) is 34.5 Å². The number of aliphatic hydroxyl groups excluding tert-OH is 2. The maximum Gasteiger partial charge on any atom is 0.338 e. The Labute approximate surface area is 364 Å². The Bertz CT molecular complexity index is 1660. The number of methoxy groups -OCH3 is 4. The largest absolute Gasteiger partial charge is 0.455 e. The Hall–Kier alpha value is -2.42. The van der Waals surface area contributed by atoms with E-state index >= 15 is 0 Å². The number of nitrogens with zero attached hydrogens (tertiary/aromatic N) is 1. The van der Waals surface area contributed by atoms with Gasteiger partial charge in [0, 0.05) is 82.5 Å². The summed E-state index contributed by atoms with van der Waals surface area (Å²) >= 11 is 0. The third-order valence-corrected chi connectivity index (χ3v) is 16.5. The van der Waals surface area contributed by atoms with Crippen LogP contribution in [0.25, 0.3) is 0 Å². The van der Waals surface area contributed by atoms with E-state index in [0.717, 1.165) is 38.5 Å². The van der Waals surface area contributed by atoms with Crippen molar-refractivity contribution in [3.63, 3.8) is 0 Å². The molecule has 3 N–H and O–H groups in total. The molecular weight excluding hydrogens is 779 g/mol. The van der Waals surface area contributed by atoms with Crippen LogP contribution in [0, 0.1) is 34.5 Å². The van der Waals surface area contributed by atoms with Gasteiger partial charge in [0.2, 0.25) is 0 Å². The summed E-state index contributed by atoms with van der Waals surface area (Å²) in [5.41, 5.74) is -4.85. The number of unbranched alkanes of at least 4 members (excludes halogenated alkanes) is 11. The van der Waals surface area contributed by atoms with Gasteiger partial charge in [-0.15, -0.1) is 0 Å². The fourth-order valence-corrected chi connectivity index (χ4v) is 14.5. The average molecular weight is 854 g/mol. The summed E-state index contributed by atoms with van der Waals surface area (Å²) < 4.78 is 38.5. The van der Waals surface area contributed by atoms with Crippen LogP contribution in [0.4, 0.5) is 0 Å². The van der Waals surface area contributed by atoms with Crippen molar-refractivity contribution in [3.05, 3.63) is 48.0 Å². The number of benzene rings is 1. The highest BCUT2D eigenvalue weighted by atomic mass is 16.6. The number of piperidine rings is 1. The molecule has 1 unspecified atom stereocenters. The molecule has 5 saturated carbocycles. The van der Waals surface area contributed by atoms with Gasteiger partial charge in [-0.05, 0) is 63.6 Å². The van der Waals surface area contributed by atoms with E-state index in [-0.39, 0.29) is 31.4 Å². The topological polar surface area (TPSA) is 153 Å². The zero-order valence-electron chi connectivity index (χ0n) is 37.7. The second-order valence-corrected chi connectivity index (χ2v) is 19.5. The zero-order valence-corrected chi connectivity index (χ0v) is 37.7. The summed E-state index contributed by atoms with van der Waals surface area (Å²) in [6, 6.07) is 8.27. The average Bonchev–Trinajstić information content (AvgIpc) is 3.64. The standard InChI is InChI=1S/C49H75NO11/c1-7-8-9-10-11-12-13-14-15-16-17-18-19-20-24-27-36(52)61-49-37-33(29-47(55,44(59-6)42(49)53)43(37)60-45(54)32-25-22-21-23-26-32)48-35(57-4)28-34(51)46(31-56-3)30-50(2)41(48)38(49)39(58-5)40(46)48/h14-15,21-23,25-26,33-35,37-44,51,53,55H,7-13,16-20,24,27-31H2,1-6H3/b15-14-/t33-,34-,35+,37-,38+,39+,40-,41-,42?,43-,44+,46+,47+,48+,49-/m1/s1. The molecule has 15 atom stereocenters. The van der Waals surface area contributed by atoms with E-state index < -0.39 is 88.3 Å². The van der Waals surface area contributed by atoms with Crippen LogP contribution in [-0.4, -0.2) is 135 Å². The summed E-state index contributed by atoms with van der Waals surface area (Å²) in [7, 11) is 8.38. The Balaban J connectivity index is 1.17. The van der Waals surface area contributed by atoms with Gasteiger partial charge < -0.3 is 48.6 Å². The highest BCUT2D eigenvalue weighted by Crippen LogP contribution is 2.80. The first-order chi connectivity index (χ1) is 29.5. The zero-order chi connectivity index (χ0) is 43.6. The fourth-order valence-electron chi connectivity index (χ4n) is 14.5. The summed E-state index contributed by atoms with van der Waals surface area (Å²) in [4.78, 5) is 30.8. The molecule has 6 aliphatic rings. The van der Waals surface area contributed by atoms with Crippen molar-refractivity contribution in [1.29, 1.82) is 0 Å². The third kappa shape index (κ3) is 7.54. The molecule has 61 heavy (non-hydrogen) atoms. The third-order valence-electron chi connectivity index (χ3n) is 16.5. The van der Waals surface area contributed by atoms with Gasteiger partial charge in [-0.1, -0.05) is 88.6 Å². The van der Waals surface area contributed by atoms with Crippen molar-refractivity contribution in [1.82, 2.24) is 4.90 Å². The minimum atomic E-state index is -1.85. The molecule has 1 aromatic rings. The number of likely N-dealkylation sites (tertiary alicyclic amines) is 1. The Morgan fingerprint density at radius 3 is 2.11 bits per heavy atom. The van der Waals surface area contributed by atoms with E-state index in [1.807, 2.05) is 13.1 Å². The van der Waals surface area contributed by atoms with Gasteiger partial charge in [0.15, 0.2) is 5.60 Å². The number of carbonyl (C=O) groups excluding carboxylic acids is 2. The van der Waals surface area contributed by atoms with Gasteiger partial charge in [0.05, 0.1) is 30.5 Å². The monoisotopic (exact) mass is 854 g/mol. The number of fused-ring (bicyclic) bond motifs is 2. The summed E-state index contributed by atoms with van der Waals surface area (Å²) in [6.07, 6.45) is 14.0. The van der Waals surface area contributed by atoms with Crippen LogP contribution in [0.2, 0.25) is 0 Å². The number of allylic oxidation sites excluding steroid dienone is 2. The Morgan fingerprint density at radius 1 is 0.836 bits per heavy atom. The number of aliphatic hydroxyl groups is 3. The summed E-state index contributed by atoms with van der Waals surface area (Å²) in [5, 5.41) is 38.1. The van der Waals surface area contributed by atoms with Crippen LogP contribution in [0.1, 0.15) is 120 Å². The van der Waals surface area contributed by atoms with Gasteiger partial charge in [0.1, 0.15) is 23.9 Å². The smallest absolute Gasteiger partial charge is 0.338 e. The van der Waals surface area contributed by atoms with Crippen molar-refractivity contribution in [3.8, 4) is 0 Å². The first-order valence-electron chi connectivity index (χ1n) is 23.5. The van der Waals surface area contributed by atoms with Crippen molar-refractivity contribution >= 4 is 11.9 Å². The molecule has 1 saturated heterocycles. The van der Waals surface area contributed by atoms with Crippen LogP contribution in [0.5, 0.6) is 0 Å². The molecule has 1 spiro atoms. The van der Waals surface area contributed by atoms with Crippen LogP contribution >= 0.6 is 0 Å². The van der Waals surface area contributed by atoms with E-state index in [9.17, 15) is 24.9 Å². The van der Waals surface area contributed by atoms with Crippen LogP contribution in [-0.2, 0) is 33.2 Å². The number of hydrogen-bond acceptors (Lipinski definition) is 12. The second kappa shape index (κ2) is 19.4. The number of esters is 2. The molecule has 0 amide bonds. The summed E-state index contributed by atoms with van der Waals surface area (Å²) in [5.74, 6) is -3.52. The van der Waals surface area contributed by atoms with Gasteiger partial charge in [-0.25, -0.2) is 4.79 Å². The molecule has 0 aromatic heterocycles. The first-order valence-corrected chi connectivity index (χ1v) is 23.5. The van der Waals surface area contributed by atoms with Crippen LogP contribution in [0.15, 0.2) is 42.5 Å². The SMILES string of the molecule is CCCCCCCC/C=C\CCCCCCCC(=O)O[C@]12C(O)[C@H](OC)[C@]3(O)C[C@H]([C@@H]1[C@H]3OC(=O)c1ccccc1)[C@@]13[C@@H](OC)C[C@@H](O)[C@@]4(COC)CN(C)[C@@H]1[C@@H]2[C@H](OC)[C@H]43. The van der Waals surface area contributed by atoms with Crippen molar-refractivity contribution in [2.45, 2.75) is 164 Å². The molecule has 1 aromatic carbocycles. The molecule has 12 heteroatoms. The fraction of sp³-hybridized carbons (Fsp3) is 0.796. The number of carbonyl (C=O) groups is 2. The molecule has 0 radical (unpaired) electrons. The minimum absolute atomic E-state index is 0.0799. The molecular formula is C49H75NO11. The van der Waals surface area contributed by atoms with E-state index in [2.05, 4.69) is 24.0 Å². The number of ether oxygens (including phenoxy) is 6. The lowest BCUT2D eigenvalue weighted by atomic mass is 9.42. The molecule has 6 fully saturated rings. The van der Waals surface area contributed by atoms with Gasteiger partial charge in [-0.3, -0.25) is 4.79 Å². The Morgan fingerprint density at radius 2 is 1.49 bits per heavy atom. The van der Waals surface area contributed by atoms with Crippen molar-refractivity contribution < 1.29 is 53.3 Å². The van der Waals surface area contributed by atoms with Gasteiger partial charge >= 0.3 is 11.9 Å². The number of hydrogen-bond donors (Lipinski definition) is 3. The maximum atomic E-state index is 14.5. The predicted molar refractivity (Wildman–Crippen MR) is 230 cm³/mol. The molecule has 1 aliphatic heterocycles.